The van der Waals surface area contributed by atoms with E-state index < -0.39 is 0 Å². The van der Waals surface area contributed by atoms with Crippen LogP contribution in [0.15, 0.2) is 30.3 Å². The molecule has 0 atom stereocenters. The Balaban J connectivity index is 1.96. The van der Waals surface area contributed by atoms with E-state index in [2.05, 4.69) is 10.3 Å². The van der Waals surface area contributed by atoms with E-state index >= 15 is 0 Å². The van der Waals surface area contributed by atoms with E-state index in [0.29, 0.717) is 5.69 Å². The molecule has 2 rings (SSSR count). The molecule has 0 fully saturated rings. The molecule has 106 valence electrons. The Bertz CT molecular complexity index is 588. The van der Waals surface area contributed by atoms with E-state index in [0.717, 1.165) is 10.9 Å². The summed E-state index contributed by atoms with van der Waals surface area (Å²) in [4.78, 5) is 27.9. The molecule has 0 spiro atoms. The first-order chi connectivity index (χ1) is 9.61. The van der Waals surface area contributed by atoms with Crippen LogP contribution < -0.4 is 5.32 Å². The van der Waals surface area contributed by atoms with Gasteiger partial charge in [-0.05, 0) is 12.1 Å². The van der Waals surface area contributed by atoms with Crippen LogP contribution in [0.2, 0.25) is 0 Å². The van der Waals surface area contributed by atoms with Gasteiger partial charge in [-0.1, -0.05) is 18.2 Å². The van der Waals surface area contributed by atoms with Crippen LogP contribution in [0.25, 0.3) is 10.9 Å². The molecule has 2 amide bonds. The van der Waals surface area contributed by atoms with Crippen molar-refractivity contribution in [1.29, 1.82) is 0 Å². The van der Waals surface area contributed by atoms with Gasteiger partial charge in [-0.2, -0.15) is 0 Å². The summed E-state index contributed by atoms with van der Waals surface area (Å²) in [5.74, 6) is -0.574. The summed E-state index contributed by atoms with van der Waals surface area (Å²) < 4.78 is 0. The fraction of sp³-hybridized carbons (Fsp3) is 0.286. The molecule has 0 aliphatic heterocycles. The van der Waals surface area contributed by atoms with E-state index in [1.165, 1.54) is 4.90 Å². The van der Waals surface area contributed by atoms with Crippen molar-refractivity contribution in [3.8, 4) is 0 Å². The summed E-state index contributed by atoms with van der Waals surface area (Å²) >= 11 is 0. The summed E-state index contributed by atoms with van der Waals surface area (Å²) in [6, 6.07) is 9.31. The maximum atomic E-state index is 11.9. The fourth-order valence-electron chi connectivity index (χ4n) is 1.86. The second-order valence-corrected chi connectivity index (χ2v) is 4.49. The molecular weight excluding hydrogens is 258 g/mol. The zero-order valence-corrected chi connectivity index (χ0v) is 11.2. The minimum Gasteiger partial charge on any atom is -0.395 e. The van der Waals surface area contributed by atoms with Gasteiger partial charge in [0.1, 0.15) is 5.69 Å². The monoisotopic (exact) mass is 275 g/mol. The maximum absolute atomic E-state index is 11.9. The van der Waals surface area contributed by atoms with Crippen LogP contribution in [0.3, 0.4) is 0 Å². The number of aromatic amines is 1. The van der Waals surface area contributed by atoms with E-state index in [-0.39, 0.29) is 31.5 Å². The minimum atomic E-state index is -0.327. The van der Waals surface area contributed by atoms with Crippen LogP contribution in [-0.2, 0) is 4.79 Å². The molecule has 20 heavy (non-hydrogen) atoms. The summed E-state index contributed by atoms with van der Waals surface area (Å²) in [6.45, 7) is 0.0595. The number of carbonyl (C=O) groups is 2. The average molecular weight is 275 g/mol. The van der Waals surface area contributed by atoms with Gasteiger partial charge >= 0.3 is 0 Å². The van der Waals surface area contributed by atoms with Crippen molar-refractivity contribution in [1.82, 2.24) is 15.2 Å². The first-order valence-electron chi connectivity index (χ1n) is 6.32. The van der Waals surface area contributed by atoms with Crippen molar-refractivity contribution in [2.45, 2.75) is 0 Å². The van der Waals surface area contributed by atoms with Crippen LogP contribution >= 0.6 is 0 Å². The van der Waals surface area contributed by atoms with Gasteiger partial charge in [-0.15, -0.1) is 0 Å². The Kier molecular flexibility index (Phi) is 4.37. The summed E-state index contributed by atoms with van der Waals surface area (Å²) in [6.07, 6.45) is 0. The van der Waals surface area contributed by atoms with E-state index in [4.69, 9.17) is 5.11 Å². The zero-order chi connectivity index (χ0) is 14.5. The Hall–Kier alpha value is -2.34. The van der Waals surface area contributed by atoms with E-state index in [9.17, 15) is 9.59 Å². The van der Waals surface area contributed by atoms with Crippen molar-refractivity contribution in [3.63, 3.8) is 0 Å². The van der Waals surface area contributed by atoms with Gasteiger partial charge in [0.25, 0.3) is 5.91 Å². The molecule has 3 N–H and O–H groups in total. The van der Waals surface area contributed by atoms with E-state index in [1.54, 1.807) is 13.1 Å². The summed E-state index contributed by atoms with van der Waals surface area (Å²) in [7, 11) is 1.58. The Labute approximate surface area is 116 Å². The quantitative estimate of drug-likeness (QED) is 0.736. The number of nitrogens with zero attached hydrogens (tertiary/aromatic N) is 1. The second-order valence-electron chi connectivity index (χ2n) is 4.49. The van der Waals surface area contributed by atoms with Crippen LogP contribution in [0.1, 0.15) is 10.5 Å². The summed E-state index contributed by atoms with van der Waals surface area (Å²) in [5.41, 5.74) is 1.30. The fourth-order valence-corrected chi connectivity index (χ4v) is 1.86. The predicted molar refractivity (Wildman–Crippen MR) is 75.4 cm³/mol. The largest absolute Gasteiger partial charge is 0.395 e. The number of hydrogen-bond acceptors (Lipinski definition) is 3. The highest BCUT2D eigenvalue weighted by Crippen LogP contribution is 2.14. The molecule has 6 nitrogen and oxygen atoms in total. The van der Waals surface area contributed by atoms with Crippen LogP contribution in [0.4, 0.5) is 0 Å². The van der Waals surface area contributed by atoms with Gasteiger partial charge in [0.15, 0.2) is 0 Å². The Morgan fingerprint density at radius 1 is 1.35 bits per heavy atom. The smallest absolute Gasteiger partial charge is 0.268 e. The highest BCUT2D eigenvalue weighted by atomic mass is 16.3. The van der Waals surface area contributed by atoms with Gasteiger partial charge in [-0.25, -0.2) is 0 Å². The molecule has 1 aromatic heterocycles. The molecule has 0 saturated carbocycles. The lowest BCUT2D eigenvalue weighted by atomic mass is 10.2. The highest BCUT2D eigenvalue weighted by molar-refractivity contribution is 5.99. The van der Waals surface area contributed by atoms with Crippen LogP contribution in [0.5, 0.6) is 0 Å². The number of aliphatic hydroxyl groups is 1. The average Bonchev–Trinajstić information content (AvgIpc) is 2.88. The number of amides is 2. The van der Waals surface area contributed by atoms with Gasteiger partial charge in [-0.3, -0.25) is 9.59 Å². The number of carbonyl (C=O) groups excluding carboxylic acids is 2. The number of aliphatic hydroxyl groups excluding tert-OH is 1. The predicted octanol–water partition coefficient (Wildman–Crippen LogP) is 0.348. The molecule has 0 radical (unpaired) electrons. The molecule has 0 aliphatic rings. The molecule has 0 unspecified atom stereocenters. The second kappa shape index (κ2) is 6.21. The number of likely N-dealkylation sites (N-methyl/N-ethyl adjacent to an activating group) is 1. The Morgan fingerprint density at radius 3 is 2.80 bits per heavy atom. The standard InChI is InChI=1S/C14H17N3O3/c1-17(6-7-18)13(19)9-15-14(20)12-8-10-4-2-3-5-11(10)16-12/h2-5,8,16,18H,6-7,9H2,1H3,(H,15,20). The molecule has 0 bridgehead atoms. The van der Waals surface area contributed by atoms with Gasteiger partial charge in [0, 0.05) is 24.5 Å². The molecular formula is C14H17N3O3. The Morgan fingerprint density at radius 2 is 2.10 bits per heavy atom. The van der Waals surface area contributed by atoms with Crippen molar-refractivity contribution in [3.05, 3.63) is 36.0 Å². The first kappa shape index (κ1) is 14.1. The number of rotatable bonds is 5. The number of benzene rings is 1. The normalized spacial score (nSPS) is 10.5. The molecule has 0 aliphatic carbocycles. The number of fused-ring (bicyclic) bond motifs is 1. The van der Waals surface area contributed by atoms with Gasteiger partial charge in [0.2, 0.25) is 5.91 Å². The third-order valence-electron chi connectivity index (χ3n) is 3.04. The van der Waals surface area contributed by atoms with Crippen molar-refractivity contribution in [2.24, 2.45) is 0 Å². The van der Waals surface area contributed by atoms with Gasteiger partial charge < -0.3 is 20.3 Å². The van der Waals surface area contributed by atoms with Crippen molar-refractivity contribution >= 4 is 22.7 Å². The molecule has 2 aromatic rings. The van der Waals surface area contributed by atoms with Crippen molar-refractivity contribution < 1.29 is 14.7 Å². The van der Waals surface area contributed by atoms with Crippen LogP contribution in [0, 0.1) is 0 Å². The zero-order valence-electron chi connectivity index (χ0n) is 11.2. The number of hydrogen-bond donors (Lipinski definition) is 3. The number of nitrogens with one attached hydrogen (secondary N) is 2. The number of para-hydroxylation sites is 1. The molecule has 1 heterocycles. The minimum absolute atomic E-state index is 0.0926. The molecule has 6 heteroatoms. The third-order valence-corrected chi connectivity index (χ3v) is 3.04. The highest BCUT2D eigenvalue weighted by Gasteiger charge is 2.12. The van der Waals surface area contributed by atoms with Crippen molar-refractivity contribution in [2.75, 3.05) is 26.7 Å². The maximum Gasteiger partial charge on any atom is 0.268 e. The van der Waals surface area contributed by atoms with E-state index in [1.807, 2.05) is 24.3 Å². The topological polar surface area (TPSA) is 85.4 Å². The lowest BCUT2D eigenvalue weighted by Crippen LogP contribution is -2.39. The third kappa shape index (κ3) is 3.16. The summed E-state index contributed by atoms with van der Waals surface area (Å²) in [5, 5.41) is 12.2. The molecule has 0 saturated heterocycles. The number of aromatic nitrogens is 1. The van der Waals surface area contributed by atoms with Crippen LogP contribution in [-0.4, -0.2) is 53.5 Å². The first-order valence-corrected chi connectivity index (χ1v) is 6.32. The molecule has 1 aromatic carbocycles. The lowest BCUT2D eigenvalue weighted by Gasteiger charge is -2.15. The SMILES string of the molecule is CN(CCO)C(=O)CNC(=O)c1cc2ccccc2[nH]1. The van der Waals surface area contributed by atoms with Gasteiger partial charge in [0.05, 0.1) is 13.2 Å². The number of H-pyrrole nitrogens is 1. The lowest BCUT2D eigenvalue weighted by molar-refractivity contribution is -0.129.